The minimum Gasteiger partial charge on any atom is -0.479 e. The van der Waals surface area contributed by atoms with Crippen LogP contribution in [0.5, 0.6) is 0 Å². The van der Waals surface area contributed by atoms with Crippen molar-refractivity contribution < 1.29 is 19.4 Å². The summed E-state index contributed by atoms with van der Waals surface area (Å²) in [4.78, 5) is 23.4. The van der Waals surface area contributed by atoms with E-state index in [1.807, 2.05) is 24.3 Å². The molecule has 1 aliphatic heterocycles. The number of nitrogens with one attached hydrogen (secondary N) is 1. The summed E-state index contributed by atoms with van der Waals surface area (Å²) in [6.07, 6.45) is 4.86. The van der Waals surface area contributed by atoms with E-state index < -0.39 is 18.2 Å². The number of halogens is 1. The highest BCUT2D eigenvalue weighted by Gasteiger charge is 2.38. The Labute approximate surface area is 152 Å². The summed E-state index contributed by atoms with van der Waals surface area (Å²) in [5, 5.41) is 12.7. The van der Waals surface area contributed by atoms with E-state index in [2.05, 4.69) is 5.32 Å². The monoisotopic (exact) mass is 365 g/mol. The van der Waals surface area contributed by atoms with E-state index in [9.17, 15) is 9.59 Å². The van der Waals surface area contributed by atoms with Gasteiger partial charge in [-0.2, -0.15) is 0 Å². The van der Waals surface area contributed by atoms with Crippen molar-refractivity contribution in [1.29, 1.82) is 0 Å². The third kappa shape index (κ3) is 4.15. The lowest BCUT2D eigenvalue weighted by molar-refractivity contribution is -0.151. The van der Waals surface area contributed by atoms with E-state index in [4.69, 9.17) is 21.4 Å². The predicted octanol–water partition coefficient (Wildman–Crippen LogP) is 3.29. The van der Waals surface area contributed by atoms with Crippen LogP contribution in [0, 0.1) is 0 Å². The number of hydrogen-bond acceptors (Lipinski definition) is 3. The molecule has 136 valence electrons. The Morgan fingerprint density at radius 2 is 1.76 bits per heavy atom. The summed E-state index contributed by atoms with van der Waals surface area (Å²) in [6, 6.07) is 7.89. The van der Waals surface area contributed by atoms with Crippen molar-refractivity contribution in [2.45, 2.75) is 62.6 Å². The fraction of sp³-hybridized carbons (Fsp3) is 0.579. The number of carboxylic acids is 1. The number of carbonyl (C=O) groups excluding carboxylic acids is 1. The molecule has 6 heteroatoms. The Balaban J connectivity index is 1.66. The third-order valence-corrected chi connectivity index (χ3v) is 5.71. The Morgan fingerprint density at radius 1 is 1.12 bits per heavy atom. The number of ether oxygens (including phenoxy) is 1. The second-order valence-electron chi connectivity index (χ2n) is 7.09. The zero-order chi connectivity index (χ0) is 17.9. The van der Waals surface area contributed by atoms with Crippen LogP contribution in [0.25, 0.3) is 0 Å². The molecule has 1 saturated carbocycles. The van der Waals surface area contributed by atoms with Crippen molar-refractivity contribution in [3.05, 3.63) is 34.9 Å². The standard InChI is InChI=1S/C19H24ClNO4/c20-14-6-4-13(5-7-14)19(10-2-1-3-11-19)12-21-17(22)15-8-9-16(25-15)18(23)24/h4-7,15-16H,1-3,8-12H2,(H,21,22)(H,23,24)/t15-,16+/m0/s1. The van der Waals surface area contributed by atoms with Gasteiger partial charge in [-0.1, -0.05) is 43.0 Å². The van der Waals surface area contributed by atoms with E-state index >= 15 is 0 Å². The summed E-state index contributed by atoms with van der Waals surface area (Å²) in [5.41, 5.74) is 1.12. The molecule has 5 nitrogen and oxygen atoms in total. The summed E-state index contributed by atoms with van der Waals surface area (Å²) in [7, 11) is 0. The van der Waals surface area contributed by atoms with Gasteiger partial charge in [-0.05, 0) is 43.4 Å². The third-order valence-electron chi connectivity index (χ3n) is 5.46. The number of rotatable bonds is 5. The van der Waals surface area contributed by atoms with Gasteiger partial charge in [0, 0.05) is 17.0 Å². The van der Waals surface area contributed by atoms with Crippen LogP contribution < -0.4 is 5.32 Å². The van der Waals surface area contributed by atoms with Gasteiger partial charge in [0.15, 0.2) is 6.10 Å². The molecular formula is C19H24ClNO4. The Morgan fingerprint density at radius 3 is 2.36 bits per heavy atom. The topological polar surface area (TPSA) is 75.6 Å². The molecule has 1 heterocycles. The van der Waals surface area contributed by atoms with Gasteiger partial charge < -0.3 is 15.2 Å². The fourth-order valence-corrected chi connectivity index (χ4v) is 4.11. The first-order valence-corrected chi connectivity index (χ1v) is 9.30. The highest BCUT2D eigenvalue weighted by molar-refractivity contribution is 6.30. The van der Waals surface area contributed by atoms with Gasteiger partial charge in [-0.15, -0.1) is 0 Å². The summed E-state index contributed by atoms with van der Waals surface area (Å²) >= 11 is 6.01. The highest BCUT2D eigenvalue weighted by Crippen LogP contribution is 2.39. The zero-order valence-corrected chi connectivity index (χ0v) is 14.9. The molecule has 3 rings (SSSR count). The summed E-state index contributed by atoms with van der Waals surface area (Å²) in [5.74, 6) is -1.21. The Kier molecular flexibility index (Phi) is 5.64. The molecule has 1 saturated heterocycles. The minimum absolute atomic E-state index is 0.0801. The van der Waals surface area contributed by atoms with Crippen LogP contribution in [-0.4, -0.2) is 35.7 Å². The molecule has 1 aromatic rings. The smallest absolute Gasteiger partial charge is 0.332 e. The first kappa shape index (κ1) is 18.2. The van der Waals surface area contributed by atoms with Gasteiger partial charge in [-0.3, -0.25) is 4.79 Å². The molecule has 0 bridgehead atoms. The fourth-order valence-electron chi connectivity index (χ4n) is 3.98. The van der Waals surface area contributed by atoms with Gasteiger partial charge in [0.25, 0.3) is 0 Å². The lowest BCUT2D eigenvalue weighted by atomic mass is 9.69. The SMILES string of the molecule is O=C(NCC1(c2ccc(Cl)cc2)CCCCC1)[C@@H]1CC[C@H](C(=O)O)O1. The van der Waals surface area contributed by atoms with E-state index in [1.165, 1.54) is 12.0 Å². The molecule has 1 aromatic carbocycles. The van der Waals surface area contributed by atoms with Crippen LogP contribution in [0.15, 0.2) is 24.3 Å². The molecule has 2 aliphatic rings. The van der Waals surface area contributed by atoms with Gasteiger partial charge in [0.1, 0.15) is 6.10 Å². The van der Waals surface area contributed by atoms with Crippen LogP contribution in [0.3, 0.4) is 0 Å². The van der Waals surface area contributed by atoms with Crippen molar-refractivity contribution in [3.8, 4) is 0 Å². The number of carboxylic acid groups (broad SMARTS) is 1. The first-order chi connectivity index (χ1) is 12.0. The van der Waals surface area contributed by atoms with Crippen molar-refractivity contribution >= 4 is 23.5 Å². The largest absolute Gasteiger partial charge is 0.479 e. The minimum atomic E-state index is -1.000. The van der Waals surface area contributed by atoms with Crippen LogP contribution in [0.4, 0.5) is 0 Å². The Hall–Kier alpha value is -1.59. The molecule has 0 aromatic heterocycles. The van der Waals surface area contributed by atoms with E-state index in [-0.39, 0.29) is 11.3 Å². The summed E-state index contributed by atoms with van der Waals surface area (Å²) in [6.45, 7) is 0.547. The Bertz CT molecular complexity index is 625. The average Bonchev–Trinajstić information content (AvgIpc) is 3.12. The van der Waals surface area contributed by atoms with Crippen LogP contribution in [0.2, 0.25) is 5.02 Å². The predicted molar refractivity (Wildman–Crippen MR) is 94.8 cm³/mol. The van der Waals surface area contributed by atoms with Gasteiger partial charge >= 0.3 is 5.97 Å². The molecule has 2 atom stereocenters. The van der Waals surface area contributed by atoms with E-state index in [0.29, 0.717) is 24.4 Å². The molecule has 0 unspecified atom stereocenters. The second kappa shape index (κ2) is 7.75. The zero-order valence-electron chi connectivity index (χ0n) is 14.2. The van der Waals surface area contributed by atoms with E-state index in [0.717, 1.165) is 25.7 Å². The first-order valence-electron chi connectivity index (χ1n) is 8.92. The quantitative estimate of drug-likeness (QED) is 0.839. The normalized spacial score (nSPS) is 25.5. The van der Waals surface area contributed by atoms with Crippen molar-refractivity contribution in [1.82, 2.24) is 5.32 Å². The number of hydrogen-bond donors (Lipinski definition) is 2. The maximum Gasteiger partial charge on any atom is 0.332 e. The van der Waals surface area contributed by atoms with Crippen molar-refractivity contribution in [2.75, 3.05) is 6.54 Å². The molecule has 0 spiro atoms. The molecule has 25 heavy (non-hydrogen) atoms. The number of benzene rings is 1. The van der Waals surface area contributed by atoms with Crippen LogP contribution >= 0.6 is 11.6 Å². The molecule has 2 N–H and O–H groups in total. The molecule has 0 radical (unpaired) electrons. The number of aliphatic carboxylic acids is 1. The molecule has 1 amide bonds. The lowest BCUT2D eigenvalue weighted by Gasteiger charge is -2.38. The second-order valence-corrected chi connectivity index (χ2v) is 7.53. The number of amides is 1. The lowest BCUT2D eigenvalue weighted by Crippen LogP contribution is -2.45. The maximum atomic E-state index is 12.4. The molecule has 2 fully saturated rings. The average molecular weight is 366 g/mol. The maximum absolute atomic E-state index is 12.4. The summed E-state index contributed by atoms with van der Waals surface area (Å²) < 4.78 is 5.35. The molecule has 1 aliphatic carbocycles. The van der Waals surface area contributed by atoms with Crippen molar-refractivity contribution in [3.63, 3.8) is 0 Å². The van der Waals surface area contributed by atoms with Gasteiger partial charge in [0.05, 0.1) is 0 Å². The van der Waals surface area contributed by atoms with Crippen LogP contribution in [0.1, 0.15) is 50.5 Å². The highest BCUT2D eigenvalue weighted by atomic mass is 35.5. The number of carbonyl (C=O) groups is 2. The van der Waals surface area contributed by atoms with Gasteiger partial charge in [0.2, 0.25) is 5.91 Å². The van der Waals surface area contributed by atoms with Gasteiger partial charge in [-0.25, -0.2) is 4.79 Å². The van der Waals surface area contributed by atoms with E-state index in [1.54, 1.807) is 0 Å². The van der Waals surface area contributed by atoms with Crippen molar-refractivity contribution in [2.24, 2.45) is 0 Å². The molecular weight excluding hydrogens is 342 g/mol. The van der Waals surface area contributed by atoms with Crippen LogP contribution in [-0.2, 0) is 19.7 Å².